The van der Waals surface area contributed by atoms with Crippen LogP contribution < -0.4 is 5.32 Å². The lowest BCUT2D eigenvalue weighted by Crippen LogP contribution is -2.39. The largest absolute Gasteiger partial charge is 0.349 e. The Morgan fingerprint density at radius 2 is 1.93 bits per heavy atom. The minimum Gasteiger partial charge on any atom is -0.349 e. The Morgan fingerprint density at radius 3 is 2.61 bits per heavy atom. The average Bonchev–Trinajstić information content (AvgIpc) is 2.68. The zero-order valence-electron chi connectivity index (χ0n) is 16.8. The quantitative estimate of drug-likeness (QED) is 0.866. The topological polar surface area (TPSA) is 65.5 Å². The number of benzene rings is 1. The summed E-state index contributed by atoms with van der Waals surface area (Å²) in [4.78, 5) is 32.7. The lowest BCUT2D eigenvalue weighted by molar-refractivity contribution is -0.134. The van der Waals surface area contributed by atoms with Crippen LogP contribution in [-0.4, -0.2) is 53.8 Å². The SMILES string of the molecule is Cc1cncc(C(=O)Nc2cccc(CN3CCC(C(=O)N(C)C)CC3)c2)c1. The van der Waals surface area contributed by atoms with E-state index in [0.29, 0.717) is 5.56 Å². The highest BCUT2D eigenvalue weighted by Crippen LogP contribution is 2.21. The number of aromatic nitrogens is 1. The van der Waals surface area contributed by atoms with Crippen molar-refractivity contribution in [3.05, 3.63) is 59.4 Å². The third kappa shape index (κ3) is 5.16. The van der Waals surface area contributed by atoms with E-state index in [1.807, 2.05) is 45.3 Å². The number of nitrogens with one attached hydrogen (secondary N) is 1. The third-order valence-electron chi connectivity index (χ3n) is 5.11. The van der Waals surface area contributed by atoms with E-state index in [4.69, 9.17) is 0 Å². The second kappa shape index (κ2) is 8.97. The molecule has 0 unspecified atom stereocenters. The van der Waals surface area contributed by atoms with Crippen LogP contribution in [0.3, 0.4) is 0 Å². The number of carbonyl (C=O) groups is 2. The van der Waals surface area contributed by atoms with E-state index in [9.17, 15) is 9.59 Å². The fraction of sp³-hybridized carbons (Fsp3) is 0.409. The molecule has 3 rings (SSSR count). The molecule has 1 aromatic carbocycles. The maximum Gasteiger partial charge on any atom is 0.257 e. The van der Waals surface area contributed by atoms with Crippen LogP contribution in [0.2, 0.25) is 0 Å². The zero-order valence-corrected chi connectivity index (χ0v) is 16.8. The standard InChI is InChI=1S/C22H28N4O2/c1-16-11-19(14-23-13-16)21(27)24-20-6-4-5-17(12-20)15-26-9-7-18(8-10-26)22(28)25(2)3/h4-6,11-14,18H,7-10,15H2,1-3H3,(H,24,27). The number of nitrogens with zero attached hydrogens (tertiary/aromatic N) is 3. The number of rotatable bonds is 5. The van der Waals surface area contributed by atoms with Crippen LogP contribution in [0.5, 0.6) is 0 Å². The molecule has 0 atom stereocenters. The van der Waals surface area contributed by atoms with Crippen LogP contribution >= 0.6 is 0 Å². The molecule has 2 aromatic rings. The predicted octanol–water partition coefficient (Wildman–Crippen LogP) is 2.94. The highest BCUT2D eigenvalue weighted by Gasteiger charge is 2.25. The molecule has 1 N–H and O–H groups in total. The number of pyridine rings is 1. The molecule has 1 fully saturated rings. The summed E-state index contributed by atoms with van der Waals surface area (Å²) in [5, 5.41) is 2.95. The van der Waals surface area contributed by atoms with E-state index >= 15 is 0 Å². The maximum absolute atomic E-state index is 12.4. The first kappa shape index (κ1) is 20.0. The number of likely N-dealkylation sites (tertiary alicyclic amines) is 1. The van der Waals surface area contributed by atoms with Gasteiger partial charge in [0, 0.05) is 44.6 Å². The number of piperidine rings is 1. The lowest BCUT2D eigenvalue weighted by Gasteiger charge is -2.32. The Hall–Kier alpha value is -2.73. The summed E-state index contributed by atoms with van der Waals surface area (Å²) in [7, 11) is 3.64. The molecular formula is C22H28N4O2. The minimum atomic E-state index is -0.156. The van der Waals surface area contributed by atoms with Gasteiger partial charge in [0.25, 0.3) is 5.91 Å². The maximum atomic E-state index is 12.4. The monoisotopic (exact) mass is 380 g/mol. The molecule has 2 amide bonds. The fourth-order valence-corrected chi connectivity index (χ4v) is 3.59. The van der Waals surface area contributed by atoms with E-state index in [2.05, 4.69) is 21.3 Å². The van der Waals surface area contributed by atoms with E-state index < -0.39 is 0 Å². The number of aryl methyl sites for hydroxylation is 1. The summed E-state index contributed by atoms with van der Waals surface area (Å²) >= 11 is 0. The summed E-state index contributed by atoms with van der Waals surface area (Å²) < 4.78 is 0. The zero-order chi connectivity index (χ0) is 20.1. The summed E-state index contributed by atoms with van der Waals surface area (Å²) in [6.45, 7) is 4.56. The van der Waals surface area contributed by atoms with Crippen molar-refractivity contribution < 1.29 is 9.59 Å². The normalized spacial score (nSPS) is 15.2. The van der Waals surface area contributed by atoms with E-state index in [1.54, 1.807) is 17.3 Å². The Morgan fingerprint density at radius 1 is 1.18 bits per heavy atom. The van der Waals surface area contributed by atoms with Gasteiger partial charge in [0.05, 0.1) is 5.56 Å². The van der Waals surface area contributed by atoms with Gasteiger partial charge in [-0.2, -0.15) is 0 Å². The number of hydrogen-bond donors (Lipinski definition) is 1. The van der Waals surface area contributed by atoms with Gasteiger partial charge in [-0.3, -0.25) is 19.5 Å². The first-order valence-electron chi connectivity index (χ1n) is 9.68. The molecule has 1 saturated heterocycles. The van der Waals surface area contributed by atoms with Crippen LogP contribution in [0, 0.1) is 12.8 Å². The molecule has 1 aliphatic heterocycles. The van der Waals surface area contributed by atoms with Crippen LogP contribution in [0.1, 0.15) is 34.3 Å². The molecule has 6 heteroatoms. The second-order valence-corrected chi connectivity index (χ2v) is 7.69. The van der Waals surface area contributed by atoms with Crippen LogP contribution in [0.25, 0.3) is 0 Å². The summed E-state index contributed by atoms with van der Waals surface area (Å²) in [5.41, 5.74) is 3.44. The smallest absolute Gasteiger partial charge is 0.257 e. The Balaban J connectivity index is 1.57. The van der Waals surface area contributed by atoms with Gasteiger partial charge in [0.15, 0.2) is 0 Å². The number of carbonyl (C=O) groups excluding carboxylic acids is 2. The van der Waals surface area contributed by atoms with Crippen molar-refractivity contribution in [1.82, 2.24) is 14.8 Å². The van der Waals surface area contributed by atoms with Gasteiger partial charge in [-0.1, -0.05) is 12.1 Å². The van der Waals surface area contributed by atoms with Crippen LogP contribution in [0.4, 0.5) is 5.69 Å². The highest BCUT2D eigenvalue weighted by molar-refractivity contribution is 6.04. The lowest BCUT2D eigenvalue weighted by atomic mass is 9.95. The van der Waals surface area contributed by atoms with E-state index in [1.165, 1.54) is 0 Å². The van der Waals surface area contributed by atoms with Crippen molar-refractivity contribution in [2.45, 2.75) is 26.3 Å². The predicted molar refractivity (Wildman–Crippen MR) is 110 cm³/mol. The molecule has 0 radical (unpaired) electrons. The number of amides is 2. The highest BCUT2D eigenvalue weighted by atomic mass is 16.2. The minimum absolute atomic E-state index is 0.139. The molecule has 0 saturated carbocycles. The van der Waals surface area contributed by atoms with E-state index in [-0.39, 0.29) is 17.7 Å². The molecule has 28 heavy (non-hydrogen) atoms. The van der Waals surface area contributed by atoms with Gasteiger partial charge in [-0.05, 0) is 62.2 Å². The molecular weight excluding hydrogens is 352 g/mol. The Kier molecular flexibility index (Phi) is 6.41. The van der Waals surface area contributed by atoms with Crippen molar-refractivity contribution in [3.8, 4) is 0 Å². The molecule has 6 nitrogen and oxygen atoms in total. The van der Waals surface area contributed by atoms with Gasteiger partial charge < -0.3 is 10.2 Å². The van der Waals surface area contributed by atoms with Gasteiger partial charge in [0.2, 0.25) is 5.91 Å². The van der Waals surface area contributed by atoms with Crippen molar-refractivity contribution in [2.24, 2.45) is 5.92 Å². The van der Waals surface area contributed by atoms with Gasteiger partial charge in [0.1, 0.15) is 0 Å². The Labute approximate surface area is 166 Å². The van der Waals surface area contributed by atoms with Crippen LogP contribution in [0.15, 0.2) is 42.7 Å². The molecule has 1 aromatic heterocycles. The average molecular weight is 380 g/mol. The summed E-state index contributed by atoms with van der Waals surface area (Å²) in [6, 6.07) is 9.76. The third-order valence-corrected chi connectivity index (χ3v) is 5.11. The molecule has 148 valence electrons. The number of anilines is 1. The first-order chi connectivity index (χ1) is 13.4. The number of hydrogen-bond acceptors (Lipinski definition) is 4. The molecule has 0 aliphatic carbocycles. The van der Waals surface area contributed by atoms with Gasteiger partial charge in [-0.25, -0.2) is 0 Å². The molecule has 1 aliphatic rings. The van der Waals surface area contributed by atoms with Crippen molar-refractivity contribution in [1.29, 1.82) is 0 Å². The molecule has 2 heterocycles. The Bertz CT molecular complexity index is 842. The molecule has 0 bridgehead atoms. The van der Waals surface area contributed by atoms with Gasteiger partial charge >= 0.3 is 0 Å². The fourth-order valence-electron chi connectivity index (χ4n) is 3.59. The first-order valence-corrected chi connectivity index (χ1v) is 9.68. The van der Waals surface area contributed by atoms with Crippen molar-refractivity contribution in [2.75, 3.05) is 32.5 Å². The van der Waals surface area contributed by atoms with Crippen molar-refractivity contribution in [3.63, 3.8) is 0 Å². The second-order valence-electron chi connectivity index (χ2n) is 7.69. The van der Waals surface area contributed by atoms with Gasteiger partial charge in [-0.15, -0.1) is 0 Å². The summed E-state index contributed by atoms with van der Waals surface area (Å²) in [5.74, 6) is 0.214. The molecule has 0 spiro atoms. The van der Waals surface area contributed by atoms with Crippen LogP contribution in [-0.2, 0) is 11.3 Å². The van der Waals surface area contributed by atoms with Crippen molar-refractivity contribution >= 4 is 17.5 Å². The summed E-state index contributed by atoms with van der Waals surface area (Å²) in [6.07, 6.45) is 5.10. The van der Waals surface area contributed by atoms with E-state index in [0.717, 1.165) is 49.3 Å².